The van der Waals surface area contributed by atoms with Crippen molar-refractivity contribution in [3.05, 3.63) is 0 Å². The predicted molar refractivity (Wildman–Crippen MR) is 53.9 cm³/mol. The molecule has 0 spiro atoms. The minimum absolute atomic E-state index is 0. The summed E-state index contributed by atoms with van der Waals surface area (Å²) < 4.78 is 0. The average molecular weight is 310 g/mol. The fourth-order valence-corrected chi connectivity index (χ4v) is 0. The molecule has 0 aromatic carbocycles. The van der Waals surface area contributed by atoms with E-state index in [2.05, 4.69) is 0 Å². The van der Waals surface area contributed by atoms with Crippen LogP contribution in [-0.2, 0) is 5.48 Å². The van der Waals surface area contributed by atoms with Crippen LogP contribution in [0.5, 0.6) is 0 Å². The van der Waals surface area contributed by atoms with E-state index in [0.717, 1.165) is 0 Å². The molecular weight excluding hydrogens is 299 g/mol. The van der Waals surface area contributed by atoms with Crippen LogP contribution >= 0.6 is 0 Å². The molecule has 0 rings (SSSR count). The zero-order chi connectivity index (χ0) is 14.3. The van der Waals surface area contributed by atoms with Crippen LogP contribution in [0, 0.1) is 0 Å². The molecule has 0 aromatic heterocycles. The van der Waals surface area contributed by atoms with Crippen LogP contribution in [0.15, 0.2) is 0 Å². The maximum absolute atomic E-state index is 8.64. The third-order valence-electron chi connectivity index (χ3n) is 0. The summed E-state index contributed by atoms with van der Waals surface area (Å²) in [4.78, 5) is 0. The molecule has 0 atom stereocenters. The van der Waals surface area contributed by atoms with Gasteiger partial charge in [-0.15, -0.1) is 0 Å². The van der Waals surface area contributed by atoms with Gasteiger partial charge in [0.15, 0.2) is 0 Å². The Morgan fingerprint density at radius 1 is 0.526 bits per heavy atom. The van der Waals surface area contributed by atoms with Gasteiger partial charge < -0.3 is 65.8 Å². The Balaban J connectivity index is -0.0000000192. The van der Waals surface area contributed by atoms with E-state index in [1.165, 1.54) is 0 Å². The van der Waals surface area contributed by atoms with Crippen molar-refractivity contribution in [2.45, 2.75) is 0 Å². The normalized spacial score (nSPS) is 5.68. The quantitative estimate of drug-likeness (QED) is 0.186. The van der Waals surface area contributed by atoms with Gasteiger partial charge in [0.1, 0.15) is 0 Å². The minimum Gasteiger partial charge on any atom is -2.00 e. The van der Waals surface area contributed by atoms with E-state index in [1.807, 2.05) is 0 Å². The third kappa shape index (κ3) is 2640. The number of rotatable bonds is 0. The monoisotopic (exact) mass is 310 g/mol. The Morgan fingerprint density at radius 3 is 0.526 bits per heavy atom. The van der Waals surface area contributed by atoms with Crippen molar-refractivity contribution >= 4 is 52.3 Å². The molecule has 0 unspecified atom stereocenters. The Bertz CT molecular complexity index is 67.6. The van der Waals surface area contributed by atoms with E-state index in [0.29, 0.717) is 0 Å². The summed E-state index contributed by atoms with van der Waals surface area (Å²) >= 11 is 0. The molecule has 0 saturated carbocycles. The van der Waals surface area contributed by atoms with Crippen LogP contribution in [0.2, 0.25) is 0 Å². The van der Waals surface area contributed by atoms with E-state index in [9.17, 15) is 0 Å². The van der Waals surface area contributed by atoms with E-state index < -0.39 is 29.3 Å². The molecule has 13 nitrogen and oxygen atoms in total. The Kier molecular flexibility index (Phi) is 82.4. The van der Waals surface area contributed by atoms with Gasteiger partial charge in [-0.1, -0.05) is 0 Å². The largest absolute Gasteiger partial charge is 2.00 e. The summed E-state index contributed by atoms with van der Waals surface area (Å²) in [7, 11) is -8.92. The average Bonchev–Trinajstić information content (AvgIpc) is 1.76. The molecule has 0 aliphatic heterocycles. The summed E-state index contributed by atoms with van der Waals surface area (Å²) in [5.74, 6) is 0. The molecule has 0 aromatic rings. The van der Waals surface area contributed by atoms with Gasteiger partial charge in [-0.2, -0.15) is 0 Å². The summed E-state index contributed by atoms with van der Waals surface area (Å²) in [5.41, 5.74) is 0. The van der Waals surface area contributed by atoms with Crippen LogP contribution < -0.4 is 34.6 Å². The van der Waals surface area contributed by atoms with Gasteiger partial charge in [-0.3, -0.25) is 0 Å². The van der Waals surface area contributed by atoms with Gasteiger partial charge in [0.05, 0.1) is 0 Å². The van der Waals surface area contributed by atoms with Gasteiger partial charge in [-0.05, 0) is 0 Å². The van der Waals surface area contributed by atoms with Crippen LogP contribution in [0.1, 0.15) is 0 Å². The van der Waals surface area contributed by atoms with Crippen molar-refractivity contribution in [2.75, 3.05) is 0 Å². The second kappa shape index (κ2) is 36.6. The van der Waals surface area contributed by atoms with Crippen molar-refractivity contribution in [2.24, 2.45) is 0 Å². The summed E-state index contributed by atoms with van der Waals surface area (Å²) in [6.07, 6.45) is 0. The minimum atomic E-state index is -2.42. The SMILES string of the molecule is OB(O)O.OB(O)O.OB(O)O.[Mg+2].[Na+].[O-2].[O-]B(O)O. The first-order valence-corrected chi connectivity index (χ1v) is 3.08. The topological polar surface area (TPSA) is 274 Å². The van der Waals surface area contributed by atoms with Crippen LogP contribution in [0.4, 0.5) is 0 Å². The molecule has 0 fully saturated rings. The Labute approximate surface area is 147 Å². The van der Waals surface area contributed by atoms with Gasteiger partial charge in [0, 0.05) is 0 Å². The predicted octanol–water partition coefficient (Wildman–Crippen LogP) is -12.3. The molecule has 0 radical (unpaired) electrons. The van der Waals surface area contributed by atoms with Crippen LogP contribution in [-0.4, -0.2) is 108 Å². The summed E-state index contributed by atoms with van der Waals surface area (Å²) in [6.45, 7) is 0. The van der Waals surface area contributed by atoms with Gasteiger partial charge >= 0.3 is 81.9 Å². The molecular formula is H11B4MgNaO13. The van der Waals surface area contributed by atoms with E-state index >= 15 is 0 Å². The molecule has 0 saturated heterocycles. The smallest absolute Gasteiger partial charge is 2.00 e. The second-order valence-electron chi connectivity index (χ2n) is 1.37. The zero-order valence-corrected chi connectivity index (χ0v) is 13.2. The maximum Gasteiger partial charge on any atom is 2.00 e. The molecule has 19 heavy (non-hydrogen) atoms. The molecule has 0 heterocycles. The van der Waals surface area contributed by atoms with Crippen molar-refractivity contribution in [3.63, 3.8) is 0 Å². The summed E-state index contributed by atoms with van der Waals surface area (Å²) in [6, 6.07) is 0. The van der Waals surface area contributed by atoms with E-state index in [-0.39, 0.29) is 58.1 Å². The second-order valence-corrected chi connectivity index (χ2v) is 1.37. The molecule has 19 heteroatoms. The molecule has 0 amide bonds. The summed E-state index contributed by atoms with van der Waals surface area (Å²) in [5, 5.41) is 87.2. The zero-order valence-electron chi connectivity index (χ0n) is 9.75. The van der Waals surface area contributed by atoms with E-state index in [4.69, 9.17) is 60.3 Å². The Morgan fingerprint density at radius 2 is 0.526 bits per heavy atom. The maximum atomic E-state index is 8.64. The van der Waals surface area contributed by atoms with Gasteiger partial charge in [0.25, 0.3) is 0 Å². The first-order valence-electron chi connectivity index (χ1n) is 3.08. The number of hydrogen-bond donors (Lipinski definition) is 11. The molecule has 0 aliphatic rings. The van der Waals surface area contributed by atoms with Crippen molar-refractivity contribution in [1.29, 1.82) is 0 Å². The fourth-order valence-electron chi connectivity index (χ4n) is 0. The van der Waals surface area contributed by atoms with Crippen molar-refractivity contribution < 1.29 is 95.3 Å². The van der Waals surface area contributed by atoms with Crippen LogP contribution in [0.25, 0.3) is 0 Å². The standard InChI is InChI=1S/3BH3O3.BH2O3.Mg.Na.O/c4*2-1(3)4;;;/h3*2-4H;2-3H;;;/q;;;-1;+2;+1;-2. The fraction of sp³-hybridized carbons (Fsp3) is 0. The van der Waals surface area contributed by atoms with Crippen molar-refractivity contribution in [3.8, 4) is 0 Å². The molecule has 0 bridgehead atoms. The Hall–Kier alpha value is 1.51. The van der Waals surface area contributed by atoms with Crippen LogP contribution in [0.3, 0.4) is 0 Å². The number of hydrogen-bond acceptors (Lipinski definition) is 12. The first-order chi connectivity index (χ1) is 6.93. The molecule has 104 valence electrons. The molecule has 0 aliphatic carbocycles. The van der Waals surface area contributed by atoms with Gasteiger partial charge in [0.2, 0.25) is 0 Å². The van der Waals surface area contributed by atoms with E-state index in [1.54, 1.807) is 0 Å². The first kappa shape index (κ1) is 42.8. The molecule has 11 N–H and O–H groups in total. The van der Waals surface area contributed by atoms with Crippen molar-refractivity contribution in [1.82, 2.24) is 0 Å². The van der Waals surface area contributed by atoms with Gasteiger partial charge in [-0.25, -0.2) is 0 Å². The third-order valence-corrected chi connectivity index (χ3v) is 0.